The van der Waals surface area contributed by atoms with E-state index in [1.165, 1.54) is 24.3 Å². The van der Waals surface area contributed by atoms with E-state index < -0.39 is 48.2 Å². The molecule has 0 spiro atoms. The van der Waals surface area contributed by atoms with Crippen molar-refractivity contribution in [3.63, 3.8) is 0 Å². The summed E-state index contributed by atoms with van der Waals surface area (Å²) >= 11 is 0. The van der Waals surface area contributed by atoms with Crippen LogP contribution in [0.1, 0.15) is 62.1 Å². The zero-order chi connectivity index (χ0) is 22.2. The number of halogens is 5. The average Bonchev–Trinajstić information content (AvgIpc) is 3.56. The number of hydrogen-bond donors (Lipinski definition) is 1. The molecule has 164 valence electrons. The van der Waals surface area contributed by atoms with Crippen molar-refractivity contribution in [2.24, 2.45) is 11.3 Å². The van der Waals surface area contributed by atoms with Gasteiger partial charge in [0, 0.05) is 19.3 Å². The summed E-state index contributed by atoms with van der Waals surface area (Å²) in [6.07, 6.45) is -4.24. The van der Waals surface area contributed by atoms with Crippen molar-refractivity contribution in [3.8, 4) is 6.07 Å². The molecule has 2 atom stereocenters. The number of nitriles is 1. The molecule has 3 nitrogen and oxygen atoms in total. The molecule has 2 aliphatic rings. The second-order valence-electron chi connectivity index (χ2n) is 8.85. The van der Waals surface area contributed by atoms with Crippen LogP contribution in [0, 0.1) is 29.6 Å². The number of nitrogens with zero attached hydrogens (tertiary/aromatic N) is 1. The number of aryl methyl sites for hydroxylation is 1. The summed E-state index contributed by atoms with van der Waals surface area (Å²) in [6, 6.07) is 3.64. The molecule has 2 aliphatic carbocycles. The van der Waals surface area contributed by atoms with Crippen molar-refractivity contribution >= 4 is 5.78 Å². The third-order valence-electron chi connectivity index (χ3n) is 5.88. The van der Waals surface area contributed by atoms with Gasteiger partial charge < -0.3 is 0 Å². The van der Waals surface area contributed by atoms with Crippen LogP contribution in [0.4, 0.5) is 22.0 Å². The molecule has 1 N–H and O–H groups in total. The molecule has 30 heavy (non-hydrogen) atoms. The summed E-state index contributed by atoms with van der Waals surface area (Å²) in [4.78, 5) is 12.8. The summed E-state index contributed by atoms with van der Waals surface area (Å²) in [7, 11) is 0. The number of alkyl halides is 5. The first-order valence-electron chi connectivity index (χ1n) is 10.1. The number of hydrogen-bond acceptors (Lipinski definition) is 3. The van der Waals surface area contributed by atoms with E-state index in [4.69, 9.17) is 0 Å². The first-order chi connectivity index (χ1) is 13.9. The summed E-state index contributed by atoms with van der Waals surface area (Å²) in [5.74, 6) is -4.15. The van der Waals surface area contributed by atoms with Crippen LogP contribution in [0.25, 0.3) is 0 Å². The lowest BCUT2D eigenvalue weighted by Gasteiger charge is -2.30. The van der Waals surface area contributed by atoms with Gasteiger partial charge in [0.25, 0.3) is 0 Å². The predicted molar refractivity (Wildman–Crippen MR) is 101 cm³/mol. The Bertz CT molecular complexity index is 804. The Morgan fingerprint density at radius 1 is 1.20 bits per heavy atom. The van der Waals surface area contributed by atoms with Crippen molar-refractivity contribution in [2.45, 2.75) is 76.1 Å². The number of ketones is 1. The number of rotatable bonds is 10. The number of carbonyl (C=O) groups excluding carboxylic acids is 1. The van der Waals surface area contributed by atoms with Crippen LogP contribution in [0.15, 0.2) is 24.3 Å². The fourth-order valence-corrected chi connectivity index (χ4v) is 3.67. The predicted octanol–water partition coefficient (Wildman–Crippen LogP) is 5.65. The Labute approximate surface area is 172 Å². The number of carbonyl (C=O) groups is 1. The van der Waals surface area contributed by atoms with E-state index in [1.807, 2.05) is 6.07 Å². The first kappa shape index (κ1) is 22.7. The van der Waals surface area contributed by atoms with E-state index in [0.717, 1.165) is 5.56 Å². The Morgan fingerprint density at radius 3 is 2.27 bits per heavy atom. The van der Waals surface area contributed by atoms with Gasteiger partial charge >= 0.3 is 6.18 Å². The van der Waals surface area contributed by atoms with Gasteiger partial charge in [0.15, 0.2) is 5.78 Å². The van der Waals surface area contributed by atoms with Gasteiger partial charge in [-0.05, 0) is 44.1 Å². The Kier molecular flexibility index (Phi) is 6.24. The van der Waals surface area contributed by atoms with Crippen LogP contribution >= 0.6 is 0 Å². The molecule has 0 bridgehead atoms. The lowest BCUT2D eigenvalue weighted by Crippen LogP contribution is -2.47. The van der Waals surface area contributed by atoms with Gasteiger partial charge in [-0.1, -0.05) is 29.8 Å². The van der Waals surface area contributed by atoms with Crippen molar-refractivity contribution < 1.29 is 26.7 Å². The highest BCUT2D eigenvalue weighted by molar-refractivity contribution is 5.85. The second kappa shape index (κ2) is 8.26. The van der Waals surface area contributed by atoms with E-state index >= 15 is 0 Å². The minimum atomic E-state index is -4.77. The molecule has 2 fully saturated rings. The van der Waals surface area contributed by atoms with E-state index in [9.17, 15) is 32.0 Å². The zero-order valence-electron chi connectivity index (χ0n) is 16.7. The van der Waals surface area contributed by atoms with E-state index in [0.29, 0.717) is 25.7 Å². The topological polar surface area (TPSA) is 52.9 Å². The fourth-order valence-electron chi connectivity index (χ4n) is 3.67. The van der Waals surface area contributed by atoms with Gasteiger partial charge in [-0.15, -0.1) is 0 Å². The molecule has 0 aromatic heterocycles. The highest BCUT2D eigenvalue weighted by Crippen LogP contribution is 2.49. The molecule has 1 aromatic rings. The number of Topliss-reactive ketones (excluding diaryl/α,β-unsaturated/α-hetero) is 1. The molecule has 2 saturated carbocycles. The standard InChI is InChI=1S/C22H25F5N2O/c1-14-2-6-16(7-3-14)19(22(25,26)27)29-17(11-21(23,24)10-15-4-5-15)18(30)12-20(13-28)8-9-20/h2-3,6-7,15,17,19,29H,4-5,8-12H2,1H3/t17-,19-/m0/s1. The lowest BCUT2D eigenvalue weighted by atomic mass is 9.91. The Balaban J connectivity index is 1.83. The minimum absolute atomic E-state index is 0.139. The molecule has 3 rings (SSSR count). The van der Waals surface area contributed by atoms with E-state index in [1.54, 1.807) is 6.92 Å². The molecular formula is C22H25F5N2O. The van der Waals surface area contributed by atoms with E-state index in [-0.39, 0.29) is 17.9 Å². The maximum atomic E-state index is 14.5. The van der Waals surface area contributed by atoms with Crippen LogP contribution in [-0.4, -0.2) is 23.9 Å². The molecule has 0 amide bonds. The summed E-state index contributed by atoms with van der Waals surface area (Å²) < 4.78 is 70.4. The summed E-state index contributed by atoms with van der Waals surface area (Å²) in [5.41, 5.74) is -0.300. The molecule has 0 radical (unpaired) electrons. The number of benzene rings is 1. The maximum Gasteiger partial charge on any atom is 0.407 e. The quantitative estimate of drug-likeness (QED) is 0.491. The third kappa shape index (κ3) is 6.00. The van der Waals surface area contributed by atoms with Gasteiger partial charge in [-0.25, -0.2) is 8.78 Å². The highest BCUT2D eigenvalue weighted by Gasteiger charge is 2.50. The summed E-state index contributed by atoms with van der Waals surface area (Å²) in [5, 5.41) is 11.4. The van der Waals surface area contributed by atoms with Gasteiger partial charge in [0.1, 0.15) is 6.04 Å². The third-order valence-corrected chi connectivity index (χ3v) is 5.88. The van der Waals surface area contributed by atoms with Gasteiger partial charge in [0.05, 0.1) is 17.5 Å². The van der Waals surface area contributed by atoms with Gasteiger partial charge in [-0.3, -0.25) is 10.1 Å². The molecule has 0 aliphatic heterocycles. The second-order valence-corrected chi connectivity index (χ2v) is 8.85. The van der Waals surface area contributed by atoms with Crippen molar-refractivity contribution in [1.82, 2.24) is 5.32 Å². The SMILES string of the molecule is Cc1ccc([C@H](N[C@@H](CC(F)(F)CC2CC2)C(=O)CC2(C#N)CC2)C(F)(F)F)cc1. The minimum Gasteiger partial charge on any atom is -0.298 e. The van der Waals surface area contributed by atoms with Crippen LogP contribution in [0.5, 0.6) is 0 Å². The monoisotopic (exact) mass is 428 g/mol. The highest BCUT2D eigenvalue weighted by atomic mass is 19.4. The van der Waals surface area contributed by atoms with Crippen molar-refractivity contribution in [3.05, 3.63) is 35.4 Å². The fraction of sp³-hybridized carbons (Fsp3) is 0.636. The molecule has 8 heteroatoms. The van der Waals surface area contributed by atoms with Crippen molar-refractivity contribution in [2.75, 3.05) is 0 Å². The molecular weight excluding hydrogens is 403 g/mol. The van der Waals surface area contributed by atoms with E-state index in [2.05, 4.69) is 5.32 Å². The largest absolute Gasteiger partial charge is 0.407 e. The molecule has 0 heterocycles. The zero-order valence-corrected chi connectivity index (χ0v) is 16.7. The average molecular weight is 428 g/mol. The molecule has 1 aromatic carbocycles. The van der Waals surface area contributed by atoms with Crippen LogP contribution in [0.3, 0.4) is 0 Å². The smallest absolute Gasteiger partial charge is 0.298 e. The normalized spacial score (nSPS) is 20.3. The van der Waals surface area contributed by atoms with Gasteiger partial charge in [0.2, 0.25) is 5.92 Å². The van der Waals surface area contributed by atoms with Crippen LogP contribution in [-0.2, 0) is 4.79 Å². The Hall–Kier alpha value is -2.01. The van der Waals surface area contributed by atoms with Crippen LogP contribution in [0.2, 0.25) is 0 Å². The van der Waals surface area contributed by atoms with Gasteiger partial charge in [-0.2, -0.15) is 18.4 Å². The van der Waals surface area contributed by atoms with Crippen molar-refractivity contribution in [1.29, 1.82) is 5.26 Å². The maximum absolute atomic E-state index is 14.5. The number of nitrogens with one attached hydrogen (secondary N) is 1. The molecule has 0 unspecified atom stereocenters. The first-order valence-corrected chi connectivity index (χ1v) is 10.1. The van der Waals surface area contributed by atoms with Crippen LogP contribution < -0.4 is 5.32 Å². The summed E-state index contributed by atoms with van der Waals surface area (Å²) in [6.45, 7) is 1.72. The Morgan fingerprint density at radius 2 is 1.80 bits per heavy atom. The molecule has 0 saturated heterocycles. The lowest BCUT2D eigenvalue weighted by molar-refractivity contribution is -0.163.